The fourth-order valence-electron chi connectivity index (χ4n) is 2.16. The molecule has 1 saturated heterocycles. The molecule has 0 spiro atoms. The van der Waals surface area contributed by atoms with Crippen molar-refractivity contribution in [3.8, 4) is 0 Å². The van der Waals surface area contributed by atoms with Gasteiger partial charge in [0.15, 0.2) is 0 Å². The van der Waals surface area contributed by atoms with Crippen LogP contribution < -0.4 is 10.6 Å². The van der Waals surface area contributed by atoms with Crippen molar-refractivity contribution in [3.63, 3.8) is 0 Å². The van der Waals surface area contributed by atoms with E-state index in [0.717, 1.165) is 56.5 Å². The average Bonchev–Trinajstić information content (AvgIpc) is 2.40. The van der Waals surface area contributed by atoms with Crippen molar-refractivity contribution >= 4 is 11.5 Å². The van der Waals surface area contributed by atoms with Gasteiger partial charge in [-0.2, -0.15) is 0 Å². The number of nitrogen functional groups attached to an aromatic ring is 1. The van der Waals surface area contributed by atoms with E-state index in [9.17, 15) is 0 Å². The molecule has 0 aliphatic carbocycles. The zero-order valence-corrected chi connectivity index (χ0v) is 11.2. The molecule has 0 radical (unpaired) electrons. The maximum atomic E-state index is 5.79. The molecule has 5 nitrogen and oxygen atoms in total. The monoisotopic (exact) mass is 250 g/mol. The molecule has 18 heavy (non-hydrogen) atoms. The van der Waals surface area contributed by atoms with Crippen LogP contribution in [0.4, 0.5) is 11.5 Å². The van der Waals surface area contributed by atoms with E-state index >= 15 is 0 Å². The lowest BCUT2D eigenvalue weighted by atomic mass is 10.2. The van der Waals surface area contributed by atoms with Gasteiger partial charge in [-0.05, 0) is 19.1 Å². The molecule has 0 atom stereocenters. The number of aryl methyl sites for hydroxylation is 1. The molecule has 2 heterocycles. The fraction of sp³-hybridized carbons (Fsp3) is 0.615. The number of hydrogen-bond acceptors (Lipinski definition) is 5. The Bertz CT molecular complexity index is 389. The van der Waals surface area contributed by atoms with E-state index < -0.39 is 0 Å². The van der Waals surface area contributed by atoms with Crippen molar-refractivity contribution in [2.75, 3.05) is 57.1 Å². The molecule has 2 rings (SSSR count). The Hall–Kier alpha value is -1.33. The van der Waals surface area contributed by atoms with E-state index in [2.05, 4.69) is 14.8 Å². The summed E-state index contributed by atoms with van der Waals surface area (Å²) >= 11 is 0. The maximum Gasteiger partial charge on any atom is 0.129 e. The summed E-state index contributed by atoms with van der Waals surface area (Å²) < 4.78 is 5.10. The Morgan fingerprint density at radius 3 is 2.61 bits per heavy atom. The van der Waals surface area contributed by atoms with E-state index in [1.54, 1.807) is 7.11 Å². The summed E-state index contributed by atoms with van der Waals surface area (Å²) in [5.74, 6) is 1.04. The molecule has 0 amide bonds. The summed E-state index contributed by atoms with van der Waals surface area (Å²) in [6.45, 7) is 7.93. The highest BCUT2D eigenvalue weighted by atomic mass is 16.5. The van der Waals surface area contributed by atoms with Gasteiger partial charge in [-0.15, -0.1) is 0 Å². The first-order valence-electron chi connectivity index (χ1n) is 6.40. The van der Waals surface area contributed by atoms with Crippen molar-refractivity contribution in [1.29, 1.82) is 0 Å². The third-order valence-corrected chi connectivity index (χ3v) is 3.42. The van der Waals surface area contributed by atoms with Gasteiger partial charge in [0.05, 0.1) is 18.0 Å². The van der Waals surface area contributed by atoms with Crippen LogP contribution in [0.25, 0.3) is 0 Å². The van der Waals surface area contributed by atoms with Crippen molar-refractivity contribution in [1.82, 2.24) is 9.88 Å². The number of ether oxygens (including phenoxy) is 1. The lowest BCUT2D eigenvalue weighted by Gasteiger charge is -2.35. The molecule has 1 aromatic heterocycles. The van der Waals surface area contributed by atoms with Gasteiger partial charge in [-0.25, -0.2) is 4.98 Å². The topological polar surface area (TPSA) is 54.6 Å². The van der Waals surface area contributed by atoms with Crippen molar-refractivity contribution in [2.24, 2.45) is 0 Å². The quantitative estimate of drug-likeness (QED) is 0.854. The van der Waals surface area contributed by atoms with Crippen molar-refractivity contribution in [2.45, 2.75) is 6.92 Å². The predicted molar refractivity (Wildman–Crippen MR) is 73.9 cm³/mol. The number of nitrogens with zero attached hydrogens (tertiary/aromatic N) is 3. The molecule has 1 aliphatic rings. The first-order chi connectivity index (χ1) is 8.70. The van der Waals surface area contributed by atoms with Crippen molar-refractivity contribution in [3.05, 3.63) is 17.8 Å². The summed E-state index contributed by atoms with van der Waals surface area (Å²) in [6.07, 6.45) is 0. The van der Waals surface area contributed by atoms with Crippen LogP contribution in [-0.2, 0) is 4.74 Å². The molecule has 1 fully saturated rings. The van der Waals surface area contributed by atoms with E-state index in [0.29, 0.717) is 0 Å². The molecule has 0 unspecified atom stereocenters. The molecule has 0 bridgehead atoms. The maximum absolute atomic E-state index is 5.79. The Morgan fingerprint density at radius 1 is 1.28 bits per heavy atom. The van der Waals surface area contributed by atoms with Gasteiger partial charge in [-0.1, -0.05) is 0 Å². The van der Waals surface area contributed by atoms with Gasteiger partial charge in [0.1, 0.15) is 5.82 Å². The minimum Gasteiger partial charge on any atom is -0.397 e. The van der Waals surface area contributed by atoms with Crippen LogP contribution in [0.15, 0.2) is 12.1 Å². The molecule has 1 aliphatic heterocycles. The van der Waals surface area contributed by atoms with E-state index in [4.69, 9.17) is 10.5 Å². The lowest BCUT2D eigenvalue weighted by molar-refractivity contribution is 0.144. The number of anilines is 2. The van der Waals surface area contributed by atoms with Gasteiger partial charge >= 0.3 is 0 Å². The van der Waals surface area contributed by atoms with Gasteiger partial charge in [0.25, 0.3) is 0 Å². The smallest absolute Gasteiger partial charge is 0.129 e. The Labute approximate surface area is 109 Å². The van der Waals surface area contributed by atoms with Gasteiger partial charge < -0.3 is 15.4 Å². The SMILES string of the molecule is COCCN1CCN(c2ccc(N)c(C)n2)CC1. The van der Waals surface area contributed by atoms with Crippen molar-refractivity contribution < 1.29 is 4.74 Å². The number of methoxy groups -OCH3 is 1. The van der Waals surface area contributed by atoms with Gasteiger partial charge in [-0.3, -0.25) is 4.90 Å². The highest BCUT2D eigenvalue weighted by Gasteiger charge is 2.17. The number of pyridine rings is 1. The normalized spacial score (nSPS) is 17.1. The largest absolute Gasteiger partial charge is 0.397 e. The Morgan fingerprint density at radius 2 is 2.00 bits per heavy atom. The molecule has 0 saturated carbocycles. The molecule has 0 aromatic carbocycles. The van der Waals surface area contributed by atoms with Crippen LogP contribution >= 0.6 is 0 Å². The minimum atomic E-state index is 0.762. The minimum absolute atomic E-state index is 0.762. The highest BCUT2D eigenvalue weighted by Crippen LogP contribution is 2.17. The van der Waals surface area contributed by atoms with Crippen LogP contribution in [0, 0.1) is 6.92 Å². The Kier molecular flexibility index (Phi) is 4.38. The van der Waals surface area contributed by atoms with Crippen LogP contribution in [0.2, 0.25) is 0 Å². The van der Waals surface area contributed by atoms with E-state index in [1.165, 1.54) is 0 Å². The zero-order valence-electron chi connectivity index (χ0n) is 11.2. The fourth-order valence-corrected chi connectivity index (χ4v) is 2.16. The molecular formula is C13H22N4O. The number of hydrogen-bond donors (Lipinski definition) is 1. The van der Waals surface area contributed by atoms with Gasteiger partial charge in [0.2, 0.25) is 0 Å². The highest BCUT2D eigenvalue weighted by molar-refractivity contribution is 5.50. The summed E-state index contributed by atoms with van der Waals surface area (Å²) in [5, 5.41) is 0. The number of rotatable bonds is 4. The lowest BCUT2D eigenvalue weighted by Crippen LogP contribution is -2.47. The Balaban J connectivity index is 1.90. The van der Waals surface area contributed by atoms with Crippen LogP contribution in [0.5, 0.6) is 0 Å². The van der Waals surface area contributed by atoms with Crippen LogP contribution in [0.3, 0.4) is 0 Å². The second-order valence-corrected chi connectivity index (χ2v) is 4.67. The van der Waals surface area contributed by atoms with E-state index in [1.807, 2.05) is 19.1 Å². The number of aromatic nitrogens is 1. The zero-order chi connectivity index (χ0) is 13.0. The standard InChI is InChI=1S/C13H22N4O/c1-11-12(14)3-4-13(15-11)17-7-5-16(6-8-17)9-10-18-2/h3-4H,5-10,14H2,1-2H3. The molecule has 5 heteroatoms. The van der Waals surface area contributed by atoms with E-state index in [-0.39, 0.29) is 0 Å². The first kappa shape index (κ1) is 13.1. The first-order valence-corrected chi connectivity index (χ1v) is 6.40. The predicted octanol–water partition coefficient (Wildman–Crippen LogP) is 0.741. The van der Waals surface area contributed by atoms with Crippen LogP contribution in [0.1, 0.15) is 5.69 Å². The second kappa shape index (κ2) is 6.02. The molecule has 1 aromatic rings. The summed E-state index contributed by atoms with van der Waals surface area (Å²) in [5.41, 5.74) is 7.46. The third kappa shape index (κ3) is 3.11. The molecule has 100 valence electrons. The summed E-state index contributed by atoms with van der Waals surface area (Å²) in [7, 11) is 1.75. The number of piperazine rings is 1. The molecule has 2 N–H and O–H groups in total. The van der Waals surface area contributed by atoms with Gasteiger partial charge in [0, 0.05) is 39.8 Å². The summed E-state index contributed by atoms with van der Waals surface area (Å²) in [4.78, 5) is 9.28. The molecular weight excluding hydrogens is 228 g/mol. The second-order valence-electron chi connectivity index (χ2n) is 4.67. The third-order valence-electron chi connectivity index (χ3n) is 3.42. The average molecular weight is 250 g/mol. The van der Waals surface area contributed by atoms with Crippen LogP contribution in [-0.4, -0.2) is 56.3 Å². The number of nitrogens with two attached hydrogens (primary N) is 1. The summed E-state index contributed by atoms with van der Waals surface area (Å²) in [6, 6.07) is 3.95.